The molecule has 40 valence electrons. The molecule has 1 aliphatic rings. The predicted molar refractivity (Wildman–Crippen MR) is 32.6 cm³/mol. The third-order valence-corrected chi connectivity index (χ3v) is 1.90. The third-order valence-electron chi connectivity index (χ3n) is 0.819. The van der Waals surface area contributed by atoms with Gasteiger partial charge in [0.15, 0.2) is 0 Å². The van der Waals surface area contributed by atoms with Crippen molar-refractivity contribution in [2.75, 3.05) is 0 Å². The Kier molecular flexibility index (Phi) is 1.47. The molecule has 0 aliphatic carbocycles. The first kappa shape index (κ1) is 5.55. The summed E-state index contributed by atoms with van der Waals surface area (Å²) >= 11 is 0.215. The van der Waals surface area contributed by atoms with Crippen LogP contribution in [0.1, 0.15) is 0 Å². The molecule has 8 heavy (non-hydrogen) atoms. The van der Waals surface area contributed by atoms with E-state index >= 15 is 0 Å². The van der Waals surface area contributed by atoms with Gasteiger partial charge in [0.25, 0.3) is 0 Å². The Morgan fingerprint density at radius 2 is 2.50 bits per heavy atom. The Balaban J connectivity index is 2.31. The van der Waals surface area contributed by atoms with Gasteiger partial charge in [0.1, 0.15) is 0 Å². The maximum absolute atomic E-state index is 10.1. The molecule has 3 nitrogen and oxygen atoms in total. The maximum atomic E-state index is 10.1. The molecular formula is C4H5AlN2O. The van der Waals surface area contributed by atoms with E-state index in [0.29, 0.717) is 0 Å². The predicted octanol–water partition coefficient (Wildman–Crippen LogP) is -0.984. The average Bonchev–Trinajstić information content (AvgIpc) is 1.55. The van der Waals surface area contributed by atoms with Crippen molar-refractivity contribution >= 4 is 25.3 Å². The monoisotopic (exact) mass is 124 g/mol. The summed E-state index contributed by atoms with van der Waals surface area (Å²) in [4.78, 5) is 12.1. The summed E-state index contributed by atoms with van der Waals surface area (Å²) in [5.41, 5.74) is 4.81. The van der Waals surface area contributed by atoms with Gasteiger partial charge in [-0.15, -0.1) is 0 Å². The summed E-state index contributed by atoms with van der Waals surface area (Å²) in [6, 6.07) is -0.461. The zero-order chi connectivity index (χ0) is 5.98. The summed E-state index contributed by atoms with van der Waals surface area (Å²) in [6.07, 6.45) is 1.86. The van der Waals surface area contributed by atoms with E-state index < -0.39 is 6.03 Å². The van der Waals surface area contributed by atoms with E-state index in [2.05, 4.69) is 5.32 Å². The van der Waals surface area contributed by atoms with Gasteiger partial charge in [-0.05, 0) is 0 Å². The van der Waals surface area contributed by atoms with Crippen molar-refractivity contribution in [3.05, 3.63) is 11.0 Å². The van der Waals surface area contributed by atoms with Crippen LogP contribution >= 0.6 is 0 Å². The number of nitrogens with two attached hydrogens (primary N) is 1. The average molecular weight is 124 g/mol. The molecule has 1 rings (SSSR count). The molecule has 0 aromatic heterocycles. The summed E-state index contributed by atoms with van der Waals surface area (Å²) in [7, 11) is 0. The molecule has 3 N–H and O–H groups in total. The molecule has 1 aliphatic heterocycles. The second-order valence-corrected chi connectivity index (χ2v) is 2.81. The number of carbonyl (C=O) groups excluding carboxylic acids is 1. The van der Waals surface area contributed by atoms with Crippen molar-refractivity contribution in [3.63, 3.8) is 0 Å². The molecule has 0 atom stereocenters. The van der Waals surface area contributed by atoms with Crippen molar-refractivity contribution < 1.29 is 4.79 Å². The van der Waals surface area contributed by atoms with Gasteiger partial charge in [-0.3, -0.25) is 0 Å². The molecule has 1 heterocycles. The zero-order valence-corrected chi connectivity index (χ0v) is 5.37. The van der Waals surface area contributed by atoms with Crippen LogP contribution < -0.4 is 11.1 Å². The van der Waals surface area contributed by atoms with E-state index in [4.69, 9.17) is 5.73 Å². The van der Waals surface area contributed by atoms with E-state index in [0.717, 1.165) is 4.50 Å². The number of nitrogens with one attached hydrogen (secondary N) is 1. The van der Waals surface area contributed by atoms with Gasteiger partial charge in [-0.2, -0.15) is 0 Å². The van der Waals surface area contributed by atoms with Crippen LogP contribution in [0.4, 0.5) is 4.79 Å². The molecule has 0 bridgehead atoms. The first-order valence-corrected chi connectivity index (χ1v) is 3.48. The summed E-state index contributed by atoms with van der Waals surface area (Å²) in [5, 5.41) is 2.48. The van der Waals surface area contributed by atoms with Gasteiger partial charge in [-0.25, -0.2) is 0 Å². The molecule has 4 heteroatoms. The van der Waals surface area contributed by atoms with Gasteiger partial charge >= 0.3 is 52.2 Å². The van der Waals surface area contributed by atoms with E-state index in [-0.39, 0.29) is 14.8 Å². The summed E-state index contributed by atoms with van der Waals surface area (Å²) in [6.45, 7) is 0. The standard InChI is InChI=1S/C4H5N2O.Al/c1-2-3-6-4(5)7;/h1-2H,(H3,5,6,7);. The molecule has 0 saturated heterocycles. The Hall–Kier alpha value is -0.588. The molecule has 0 spiro atoms. The van der Waals surface area contributed by atoms with Crippen molar-refractivity contribution in [1.29, 1.82) is 0 Å². The fourth-order valence-electron chi connectivity index (χ4n) is 0.418. The first-order valence-electron chi connectivity index (χ1n) is 2.24. The van der Waals surface area contributed by atoms with E-state index in [1.165, 1.54) is 0 Å². The number of hydrogen-bond acceptors (Lipinski definition) is 1. The quantitative estimate of drug-likeness (QED) is 0.433. The number of primary amides is 1. The third kappa shape index (κ3) is 1.19. The Morgan fingerprint density at radius 3 is 2.62 bits per heavy atom. The molecule has 0 radical (unpaired) electrons. The van der Waals surface area contributed by atoms with Crippen molar-refractivity contribution in [2.24, 2.45) is 5.73 Å². The topological polar surface area (TPSA) is 55.1 Å². The molecule has 0 saturated carbocycles. The normalized spacial score (nSPS) is 13.2. The zero-order valence-electron chi connectivity index (χ0n) is 4.22. The molecule has 2 amide bonds. The van der Waals surface area contributed by atoms with Crippen LogP contribution in [-0.2, 0) is 0 Å². The van der Waals surface area contributed by atoms with E-state index in [1.54, 1.807) is 0 Å². The molecule has 0 unspecified atom stereocenters. The molecule has 0 aromatic rings. The van der Waals surface area contributed by atoms with Gasteiger partial charge in [0.05, 0.1) is 0 Å². The van der Waals surface area contributed by atoms with Crippen LogP contribution in [-0.4, -0.2) is 25.3 Å². The van der Waals surface area contributed by atoms with Crippen molar-refractivity contribution in [3.8, 4) is 0 Å². The minimum absolute atomic E-state index is 0.215. The number of urea groups is 1. The summed E-state index contributed by atoms with van der Waals surface area (Å²) < 4.78 is 0.984. The fourth-order valence-corrected chi connectivity index (χ4v) is 1.03. The number of rotatable bonds is 1. The minimum atomic E-state index is -0.461. The molecule has 0 fully saturated rings. The Morgan fingerprint density at radius 1 is 1.88 bits per heavy atom. The second-order valence-electron chi connectivity index (χ2n) is 1.47. The van der Waals surface area contributed by atoms with Gasteiger partial charge in [0, 0.05) is 0 Å². The SMILES string of the molecule is NC(=O)N[C]1=[Al][CH]=C1. The van der Waals surface area contributed by atoms with E-state index in [1.807, 2.05) is 11.0 Å². The fraction of sp³-hybridized carbons (Fsp3) is 0. The van der Waals surface area contributed by atoms with E-state index in [9.17, 15) is 4.79 Å². The second kappa shape index (κ2) is 2.12. The Bertz CT molecular complexity index is 173. The number of carbonyl (C=O) groups is 1. The van der Waals surface area contributed by atoms with Crippen LogP contribution in [0.2, 0.25) is 0 Å². The molecular weight excluding hydrogens is 119 g/mol. The molecule has 0 aromatic carbocycles. The van der Waals surface area contributed by atoms with Crippen LogP contribution in [0.5, 0.6) is 0 Å². The summed E-state index contributed by atoms with van der Waals surface area (Å²) in [5.74, 6) is 0. The van der Waals surface area contributed by atoms with Crippen LogP contribution in [0, 0.1) is 0 Å². The van der Waals surface area contributed by atoms with Crippen LogP contribution in [0.25, 0.3) is 0 Å². The Labute approximate surface area is 52.8 Å². The van der Waals surface area contributed by atoms with Crippen molar-refractivity contribution in [2.45, 2.75) is 0 Å². The van der Waals surface area contributed by atoms with Crippen LogP contribution in [0.15, 0.2) is 11.0 Å². The van der Waals surface area contributed by atoms with Gasteiger partial charge in [-0.1, -0.05) is 0 Å². The number of hydrogen-bond donors (Lipinski definition) is 2. The first-order chi connectivity index (χ1) is 3.79. The van der Waals surface area contributed by atoms with Crippen LogP contribution in [0.3, 0.4) is 0 Å². The van der Waals surface area contributed by atoms with Crippen molar-refractivity contribution in [1.82, 2.24) is 5.32 Å². The van der Waals surface area contributed by atoms with Gasteiger partial charge < -0.3 is 0 Å². The van der Waals surface area contributed by atoms with Gasteiger partial charge in [0.2, 0.25) is 0 Å². The number of amides is 2.